The minimum Gasteiger partial charge on any atom is -0.478 e. The summed E-state index contributed by atoms with van der Waals surface area (Å²) in [5.41, 5.74) is 2.06. The molecule has 1 atom stereocenters. The summed E-state index contributed by atoms with van der Waals surface area (Å²) in [7, 11) is 0. The number of nitrogens with zero attached hydrogens (tertiary/aromatic N) is 2. The summed E-state index contributed by atoms with van der Waals surface area (Å²) >= 11 is 7.44. The van der Waals surface area contributed by atoms with E-state index in [9.17, 15) is 19.1 Å². The summed E-state index contributed by atoms with van der Waals surface area (Å²) in [4.78, 5) is 27.9. The molecule has 5 rings (SSSR count). The summed E-state index contributed by atoms with van der Waals surface area (Å²) in [6.45, 7) is 2.82. The summed E-state index contributed by atoms with van der Waals surface area (Å²) in [5, 5.41) is 9.90. The number of carbonyl (C=O) groups is 2. The largest absolute Gasteiger partial charge is 0.478 e. The maximum absolute atomic E-state index is 15.3. The van der Waals surface area contributed by atoms with E-state index >= 15 is 4.39 Å². The van der Waals surface area contributed by atoms with Gasteiger partial charge in [0.15, 0.2) is 5.82 Å². The van der Waals surface area contributed by atoms with Crippen molar-refractivity contribution in [2.24, 2.45) is 0 Å². The SMILES string of the molecule is Cc1c(Sc2cccc(C(=O)O)c2)c2ccc(Cl)c(F)c2n1CC(=O)N1CCC(c2ccc(F)cc2)C1. The Labute approximate surface area is 221 Å². The third-order valence-electron chi connectivity index (χ3n) is 6.79. The van der Waals surface area contributed by atoms with Crippen LogP contribution in [0.4, 0.5) is 8.78 Å². The van der Waals surface area contributed by atoms with Crippen molar-refractivity contribution in [2.45, 2.75) is 35.6 Å². The van der Waals surface area contributed by atoms with Crippen molar-refractivity contribution in [3.63, 3.8) is 0 Å². The Morgan fingerprint density at radius 2 is 1.86 bits per heavy atom. The second kappa shape index (κ2) is 10.2. The van der Waals surface area contributed by atoms with Crippen molar-refractivity contribution >= 4 is 46.1 Å². The maximum atomic E-state index is 15.3. The van der Waals surface area contributed by atoms with E-state index in [1.165, 1.54) is 36.0 Å². The Bertz CT molecular complexity index is 1520. The highest BCUT2D eigenvalue weighted by atomic mass is 35.5. The van der Waals surface area contributed by atoms with Crippen molar-refractivity contribution in [3.8, 4) is 0 Å². The van der Waals surface area contributed by atoms with E-state index in [4.69, 9.17) is 11.6 Å². The Kier molecular flexibility index (Phi) is 6.96. The van der Waals surface area contributed by atoms with Crippen LogP contribution in [-0.2, 0) is 11.3 Å². The molecule has 0 spiro atoms. The second-order valence-corrected chi connectivity index (χ2v) is 10.6. The topological polar surface area (TPSA) is 62.5 Å². The molecule has 37 heavy (non-hydrogen) atoms. The lowest BCUT2D eigenvalue weighted by atomic mass is 9.99. The van der Waals surface area contributed by atoms with Crippen LogP contribution < -0.4 is 0 Å². The lowest BCUT2D eigenvalue weighted by Gasteiger charge is -2.18. The van der Waals surface area contributed by atoms with Gasteiger partial charge < -0.3 is 14.6 Å². The molecule has 9 heteroatoms. The number of carboxylic acid groups (broad SMARTS) is 1. The van der Waals surface area contributed by atoms with Gasteiger partial charge in [-0.05, 0) is 61.4 Å². The average molecular weight is 541 g/mol. The molecule has 0 radical (unpaired) electrons. The fourth-order valence-electron chi connectivity index (χ4n) is 4.84. The van der Waals surface area contributed by atoms with Gasteiger partial charge in [0.1, 0.15) is 12.4 Å². The van der Waals surface area contributed by atoms with E-state index in [0.29, 0.717) is 29.1 Å². The van der Waals surface area contributed by atoms with Crippen LogP contribution in [0, 0.1) is 18.6 Å². The van der Waals surface area contributed by atoms with Crippen LogP contribution >= 0.6 is 23.4 Å². The number of carboxylic acids is 1. The fraction of sp³-hybridized carbons (Fsp3) is 0.214. The highest BCUT2D eigenvalue weighted by molar-refractivity contribution is 7.99. The van der Waals surface area contributed by atoms with Gasteiger partial charge >= 0.3 is 5.97 Å². The van der Waals surface area contributed by atoms with E-state index in [0.717, 1.165) is 16.9 Å². The molecule has 1 aromatic heterocycles. The lowest BCUT2D eigenvalue weighted by molar-refractivity contribution is -0.130. The zero-order chi connectivity index (χ0) is 26.3. The van der Waals surface area contributed by atoms with Crippen molar-refractivity contribution in [2.75, 3.05) is 13.1 Å². The van der Waals surface area contributed by atoms with Crippen LogP contribution in [0.3, 0.4) is 0 Å². The highest BCUT2D eigenvalue weighted by Crippen LogP contribution is 2.41. The number of carbonyl (C=O) groups excluding carboxylic acids is 1. The van der Waals surface area contributed by atoms with Crippen LogP contribution in [0.25, 0.3) is 10.9 Å². The van der Waals surface area contributed by atoms with E-state index in [-0.39, 0.29) is 40.3 Å². The number of hydrogen-bond acceptors (Lipinski definition) is 3. The van der Waals surface area contributed by atoms with E-state index in [2.05, 4.69) is 0 Å². The molecule has 0 bridgehead atoms. The van der Waals surface area contributed by atoms with E-state index < -0.39 is 11.8 Å². The van der Waals surface area contributed by atoms with Crippen molar-refractivity contribution in [1.82, 2.24) is 9.47 Å². The molecule has 190 valence electrons. The molecule has 1 N–H and O–H groups in total. The summed E-state index contributed by atoms with van der Waals surface area (Å²) in [6, 6.07) is 16.1. The first-order chi connectivity index (χ1) is 17.7. The van der Waals surface area contributed by atoms with Crippen LogP contribution in [0.15, 0.2) is 70.5 Å². The zero-order valence-corrected chi connectivity index (χ0v) is 21.5. The minimum absolute atomic E-state index is 0.0410. The number of hydrogen-bond donors (Lipinski definition) is 1. The van der Waals surface area contributed by atoms with Crippen LogP contribution in [0.5, 0.6) is 0 Å². The van der Waals surface area contributed by atoms with Gasteiger partial charge in [-0.15, -0.1) is 0 Å². The first kappa shape index (κ1) is 25.3. The highest BCUT2D eigenvalue weighted by Gasteiger charge is 2.29. The molecule has 0 aliphatic carbocycles. The van der Waals surface area contributed by atoms with Crippen molar-refractivity contribution in [1.29, 1.82) is 0 Å². The standard InChI is InChI=1S/C28H23ClF2N2O3S/c1-16-27(37-21-4-2-3-18(13-21)28(35)36)22-9-10-23(29)25(31)26(22)33(16)15-24(34)32-12-11-19(14-32)17-5-7-20(30)8-6-17/h2-10,13,19H,11-12,14-15H2,1H3,(H,35,36). The second-order valence-electron chi connectivity index (χ2n) is 9.07. The summed E-state index contributed by atoms with van der Waals surface area (Å²) in [5.74, 6) is -1.96. The average Bonchev–Trinajstić information content (AvgIpc) is 3.47. The predicted molar refractivity (Wildman–Crippen MR) is 140 cm³/mol. The van der Waals surface area contributed by atoms with Gasteiger partial charge in [0.05, 0.1) is 16.1 Å². The molecule has 1 unspecified atom stereocenters. The number of halogens is 3. The maximum Gasteiger partial charge on any atom is 0.335 e. The number of rotatable bonds is 6. The van der Waals surface area contributed by atoms with Gasteiger partial charge in [-0.3, -0.25) is 4.79 Å². The Balaban J connectivity index is 1.45. The number of aromatic nitrogens is 1. The first-order valence-corrected chi connectivity index (χ1v) is 12.9. The number of amides is 1. The molecule has 1 saturated heterocycles. The fourth-order valence-corrected chi connectivity index (χ4v) is 6.09. The molecule has 0 saturated carbocycles. The molecule has 1 fully saturated rings. The van der Waals surface area contributed by atoms with Gasteiger partial charge in [0.25, 0.3) is 0 Å². The molecule has 1 aliphatic rings. The van der Waals surface area contributed by atoms with Gasteiger partial charge in [-0.25, -0.2) is 13.6 Å². The molecule has 4 aromatic rings. The van der Waals surface area contributed by atoms with E-state index in [1.54, 1.807) is 45.9 Å². The predicted octanol–water partition coefficient (Wildman–Crippen LogP) is 6.75. The molecular weight excluding hydrogens is 518 g/mol. The number of benzene rings is 3. The molecule has 5 nitrogen and oxygen atoms in total. The van der Waals surface area contributed by atoms with Crippen LogP contribution in [-0.4, -0.2) is 39.5 Å². The number of fused-ring (bicyclic) bond motifs is 1. The van der Waals surface area contributed by atoms with E-state index in [1.807, 2.05) is 6.92 Å². The monoisotopic (exact) mass is 540 g/mol. The van der Waals surface area contributed by atoms with Crippen LogP contribution in [0.1, 0.15) is 34.0 Å². The van der Waals surface area contributed by atoms with Gasteiger partial charge in [-0.2, -0.15) is 0 Å². The number of likely N-dealkylation sites (tertiary alicyclic amines) is 1. The Morgan fingerprint density at radius 3 is 2.59 bits per heavy atom. The van der Waals surface area contributed by atoms with Crippen molar-refractivity contribution in [3.05, 3.63) is 94.1 Å². The minimum atomic E-state index is -1.03. The Morgan fingerprint density at radius 1 is 1.11 bits per heavy atom. The lowest BCUT2D eigenvalue weighted by Crippen LogP contribution is -2.32. The van der Waals surface area contributed by atoms with Gasteiger partial charge in [0.2, 0.25) is 5.91 Å². The first-order valence-electron chi connectivity index (χ1n) is 11.7. The molecular formula is C28H23ClF2N2O3S. The normalized spacial score (nSPS) is 15.5. The summed E-state index contributed by atoms with van der Waals surface area (Å²) in [6.07, 6.45) is 0.768. The summed E-state index contributed by atoms with van der Waals surface area (Å²) < 4.78 is 30.3. The molecule has 2 heterocycles. The number of aromatic carboxylic acids is 1. The van der Waals surface area contributed by atoms with Crippen LogP contribution in [0.2, 0.25) is 5.02 Å². The van der Waals surface area contributed by atoms with Gasteiger partial charge in [0, 0.05) is 39.9 Å². The third kappa shape index (κ3) is 4.95. The Hall–Kier alpha value is -3.36. The zero-order valence-electron chi connectivity index (χ0n) is 19.9. The van der Waals surface area contributed by atoms with Gasteiger partial charge in [-0.1, -0.05) is 41.6 Å². The molecule has 1 amide bonds. The molecule has 1 aliphatic heterocycles. The quantitative estimate of drug-likeness (QED) is 0.294. The molecule has 3 aromatic carbocycles. The van der Waals surface area contributed by atoms with Crippen molar-refractivity contribution < 1.29 is 23.5 Å². The smallest absolute Gasteiger partial charge is 0.335 e. The third-order valence-corrected chi connectivity index (χ3v) is 8.29.